The molecule has 1 rings (SSSR count). The summed E-state index contributed by atoms with van der Waals surface area (Å²) in [7, 11) is 1.89. The Hall–Kier alpha value is -1.13. The van der Waals surface area contributed by atoms with Gasteiger partial charge in [-0.25, -0.2) is 4.39 Å². The van der Waals surface area contributed by atoms with E-state index < -0.39 is 0 Å². The first-order chi connectivity index (χ1) is 9.15. The van der Waals surface area contributed by atoms with Crippen molar-refractivity contribution in [2.45, 2.75) is 26.2 Å². The van der Waals surface area contributed by atoms with Gasteiger partial charge in [0.15, 0.2) is 0 Å². The van der Waals surface area contributed by atoms with Gasteiger partial charge in [0.05, 0.1) is 0 Å². The molecule has 0 bridgehead atoms. The number of rotatable bonds is 8. The van der Waals surface area contributed by atoms with Crippen molar-refractivity contribution in [3.8, 4) is 0 Å². The molecule has 0 fully saturated rings. The van der Waals surface area contributed by atoms with Crippen molar-refractivity contribution in [3.63, 3.8) is 0 Å². The number of nitrogens with one attached hydrogen (secondary N) is 2. The summed E-state index contributed by atoms with van der Waals surface area (Å²) < 4.78 is 13.4. The average Bonchev–Trinajstić information content (AvgIpc) is 2.42. The third-order valence-electron chi connectivity index (χ3n) is 3.15. The largest absolute Gasteiger partial charge is 0.356 e. The lowest BCUT2D eigenvalue weighted by molar-refractivity contribution is -0.124. The van der Waals surface area contributed by atoms with Crippen LogP contribution in [-0.2, 0) is 11.2 Å². The summed E-state index contributed by atoms with van der Waals surface area (Å²) in [5.41, 5.74) is 0.678. The Balaban J connectivity index is 0.00000361. The van der Waals surface area contributed by atoms with Crippen molar-refractivity contribution in [3.05, 3.63) is 35.6 Å². The van der Waals surface area contributed by atoms with Gasteiger partial charge in [-0.3, -0.25) is 4.79 Å². The molecule has 20 heavy (non-hydrogen) atoms. The molecule has 0 aliphatic heterocycles. The Bertz CT molecular complexity index is 401. The molecule has 3 nitrogen and oxygen atoms in total. The molecule has 0 saturated carbocycles. The third kappa shape index (κ3) is 6.87. The molecule has 2 N–H and O–H groups in total. The van der Waals surface area contributed by atoms with Crippen LogP contribution in [0.25, 0.3) is 0 Å². The molecule has 1 amide bonds. The van der Waals surface area contributed by atoms with Gasteiger partial charge in [-0.15, -0.1) is 12.4 Å². The van der Waals surface area contributed by atoms with Crippen LogP contribution in [0.15, 0.2) is 24.3 Å². The Labute approximate surface area is 126 Å². The van der Waals surface area contributed by atoms with Crippen molar-refractivity contribution in [2.75, 3.05) is 20.1 Å². The van der Waals surface area contributed by atoms with Crippen molar-refractivity contribution in [2.24, 2.45) is 5.92 Å². The van der Waals surface area contributed by atoms with Crippen LogP contribution in [0.4, 0.5) is 4.39 Å². The third-order valence-corrected chi connectivity index (χ3v) is 3.15. The number of amides is 1. The minimum absolute atomic E-state index is 0. The van der Waals surface area contributed by atoms with Crippen LogP contribution in [-0.4, -0.2) is 26.0 Å². The Kier molecular flexibility index (Phi) is 10.0. The van der Waals surface area contributed by atoms with Crippen LogP contribution >= 0.6 is 12.4 Å². The molecule has 1 atom stereocenters. The Morgan fingerprint density at radius 2 is 2.00 bits per heavy atom. The minimum atomic E-state index is -0.191. The van der Waals surface area contributed by atoms with Crippen LogP contribution in [0.3, 0.4) is 0 Å². The van der Waals surface area contributed by atoms with Crippen LogP contribution in [0.5, 0.6) is 0 Å². The predicted molar refractivity (Wildman–Crippen MR) is 82.7 cm³/mol. The summed E-state index contributed by atoms with van der Waals surface area (Å²) in [6.07, 6.45) is 2.18. The number of carbonyl (C=O) groups is 1. The van der Waals surface area contributed by atoms with Gasteiger partial charge in [0.25, 0.3) is 0 Å². The van der Waals surface area contributed by atoms with Gasteiger partial charge in [0.1, 0.15) is 5.82 Å². The molecule has 1 unspecified atom stereocenters. The normalized spacial score (nSPS) is 11.6. The molecule has 1 aromatic rings. The molecule has 1 aromatic carbocycles. The fourth-order valence-corrected chi connectivity index (χ4v) is 1.86. The summed E-state index contributed by atoms with van der Waals surface area (Å²) in [6.45, 7) is 3.46. The number of halogens is 2. The van der Waals surface area contributed by atoms with Gasteiger partial charge in [-0.2, -0.15) is 0 Å². The summed E-state index contributed by atoms with van der Waals surface area (Å²) in [6, 6.07) is 6.72. The molecule has 0 aromatic heterocycles. The first-order valence-corrected chi connectivity index (χ1v) is 6.81. The lowest BCUT2D eigenvalue weighted by Gasteiger charge is -2.12. The lowest BCUT2D eigenvalue weighted by atomic mass is 10.00. The highest BCUT2D eigenvalue weighted by atomic mass is 35.5. The van der Waals surface area contributed by atoms with Gasteiger partial charge < -0.3 is 10.6 Å². The van der Waals surface area contributed by atoms with Crippen LogP contribution < -0.4 is 10.6 Å². The second-order valence-electron chi connectivity index (χ2n) is 4.78. The fourth-order valence-electron chi connectivity index (χ4n) is 1.86. The van der Waals surface area contributed by atoms with E-state index in [-0.39, 0.29) is 30.0 Å². The molecule has 0 heterocycles. The average molecular weight is 303 g/mol. The maximum atomic E-state index is 13.4. The van der Waals surface area contributed by atoms with Crippen molar-refractivity contribution < 1.29 is 9.18 Å². The standard InChI is InChI=1S/C15H23FN2O.ClH/c1-12(15(19)18-11-5-10-17-2)8-9-13-6-3-4-7-14(13)16;/h3-4,6-7,12,17H,5,8-11H2,1-2H3,(H,18,19);1H. The van der Waals surface area contributed by atoms with E-state index in [1.165, 1.54) is 6.07 Å². The second kappa shape index (κ2) is 10.6. The molecule has 114 valence electrons. The number of benzene rings is 1. The van der Waals surface area contributed by atoms with Gasteiger partial charge in [0.2, 0.25) is 5.91 Å². The summed E-state index contributed by atoms with van der Waals surface area (Å²) in [5.74, 6) is -0.231. The molecule has 0 radical (unpaired) electrons. The second-order valence-corrected chi connectivity index (χ2v) is 4.78. The lowest BCUT2D eigenvalue weighted by Crippen LogP contribution is -2.31. The highest BCUT2D eigenvalue weighted by Gasteiger charge is 2.13. The van der Waals surface area contributed by atoms with E-state index in [0.29, 0.717) is 24.9 Å². The monoisotopic (exact) mass is 302 g/mol. The van der Waals surface area contributed by atoms with Crippen molar-refractivity contribution in [1.82, 2.24) is 10.6 Å². The topological polar surface area (TPSA) is 41.1 Å². The zero-order valence-electron chi connectivity index (χ0n) is 12.1. The van der Waals surface area contributed by atoms with E-state index in [1.807, 2.05) is 20.0 Å². The van der Waals surface area contributed by atoms with E-state index in [9.17, 15) is 9.18 Å². The Morgan fingerprint density at radius 1 is 1.30 bits per heavy atom. The summed E-state index contributed by atoms with van der Waals surface area (Å²) in [4.78, 5) is 11.8. The molecule has 0 aliphatic carbocycles. The highest BCUT2D eigenvalue weighted by Crippen LogP contribution is 2.13. The SMILES string of the molecule is CNCCCNC(=O)C(C)CCc1ccccc1F.Cl. The van der Waals surface area contributed by atoms with E-state index in [1.54, 1.807) is 12.1 Å². The van der Waals surface area contributed by atoms with Crippen molar-refractivity contribution >= 4 is 18.3 Å². The van der Waals surface area contributed by atoms with Gasteiger partial charge in [-0.05, 0) is 44.5 Å². The zero-order chi connectivity index (χ0) is 14.1. The molecule has 0 saturated heterocycles. The van der Waals surface area contributed by atoms with Crippen LogP contribution in [0, 0.1) is 11.7 Å². The number of aryl methyl sites for hydroxylation is 1. The maximum absolute atomic E-state index is 13.4. The van der Waals surface area contributed by atoms with Gasteiger partial charge in [0, 0.05) is 12.5 Å². The predicted octanol–water partition coefficient (Wildman–Crippen LogP) is 2.54. The summed E-state index contributed by atoms with van der Waals surface area (Å²) in [5, 5.41) is 5.93. The smallest absolute Gasteiger partial charge is 0.222 e. The van der Waals surface area contributed by atoms with Gasteiger partial charge in [-0.1, -0.05) is 25.1 Å². The van der Waals surface area contributed by atoms with Gasteiger partial charge >= 0.3 is 0 Å². The van der Waals surface area contributed by atoms with E-state index >= 15 is 0 Å². The number of hydrogen-bond acceptors (Lipinski definition) is 2. The van der Waals surface area contributed by atoms with Crippen LogP contribution in [0.1, 0.15) is 25.3 Å². The number of hydrogen-bond donors (Lipinski definition) is 2. The van der Waals surface area contributed by atoms with Crippen molar-refractivity contribution in [1.29, 1.82) is 0 Å². The maximum Gasteiger partial charge on any atom is 0.222 e. The van der Waals surface area contributed by atoms with Crippen LogP contribution in [0.2, 0.25) is 0 Å². The molecular weight excluding hydrogens is 279 g/mol. The zero-order valence-corrected chi connectivity index (χ0v) is 12.9. The van der Waals surface area contributed by atoms with E-state index in [0.717, 1.165) is 13.0 Å². The molecule has 5 heteroatoms. The molecular formula is C15H24ClFN2O. The molecule has 0 aliphatic rings. The highest BCUT2D eigenvalue weighted by molar-refractivity contribution is 5.85. The number of carbonyl (C=O) groups excluding carboxylic acids is 1. The quantitative estimate of drug-likeness (QED) is 0.725. The fraction of sp³-hybridized carbons (Fsp3) is 0.533. The summed E-state index contributed by atoms with van der Waals surface area (Å²) >= 11 is 0. The first kappa shape index (κ1) is 18.9. The minimum Gasteiger partial charge on any atom is -0.356 e. The first-order valence-electron chi connectivity index (χ1n) is 6.81. The Morgan fingerprint density at radius 3 is 2.65 bits per heavy atom. The molecule has 0 spiro atoms. The van der Waals surface area contributed by atoms with E-state index in [4.69, 9.17) is 0 Å². The van der Waals surface area contributed by atoms with E-state index in [2.05, 4.69) is 10.6 Å².